The molecule has 3 nitrogen and oxygen atoms in total. The van der Waals surface area contributed by atoms with E-state index in [1.54, 1.807) is 0 Å². The van der Waals surface area contributed by atoms with Gasteiger partial charge in [0.25, 0.3) is 0 Å². The molecule has 184 valence electrons. The van der Waals surface area contributed by atoms with E-state index in [0.717, 1.165) is 18.7 Å². The molecular weight excluding hydrogens is 470 g/mol. The Hall–Kier alpha value is -3.89. The first kappa shape index (κ1) is 23.5. The van der Waals surface area contributed by atoms with Crippen LogP contribution in [-0.4, -0.2) is 16.4 Å². The minimum absolute atomic E-state index is 0.126. The SMILES string of the molecule is Cc1c(-c2c(C=CC3=NC(C)/C=C\C=C/N3)sc3cc(-c4ccccc4)ccc23)c2c(n1C)=CCCC=2. The lowest BCUT2D eigenvalue weighted by atomic mass is 9.97. The first-order chi connectivity index (χ1) is 18.1. The third-order valence-corrected chi connectivity index (χ3v) is 8.38. The highest BCUT2D eigenvalue weighted by Gasteiger charge is 2.20. The molecule has 0 bridgehead atoms. The quantitative estimate of drug-likeness (QED) is 0.331. The molecule has 0 saturated heterocycles. The minimum Gasteiger partial charge on any atom is -0.348 e. The predicted octanol–water partition coefficient (Wildman–Crippen LogP) is 6.71. The third kappa shape index (κ3) is 4.42. The van der Waals surface area contributed by atoms with E-state index in [-0.39, 0.29) is 6.04 Å². The number of allylic oxidation sites excluding steroid dienone is 2. The van der Waals surface area contributed by atoms with Crippen LogP contribution in [0.4, 0.5) is 0 Å². The second-order valence-electron chi connectivity index (χ2n) is 9.70. The van der Waals surface area contributed by atoms with Crippen LogP contribution in [0.5, 0.6) is 0 Å². The van der Waals surface area contributed by atoms with E-state index in [1.807, 2.05) is 29.7 Å². The van der Waals surface area contributed by atoms with E-state index < -0.39 is 0 Å². The van der Waals surface area contributed by atoms with Crippen LogP contribution in [0.1, 0.15) is 30.3 Å². The fourth-order valence-electron chi connectivity index (χ4n) is 5.33. The van der Waals surface area contributed by atoms with Gasteiger partial charge in [0.1, 0.15) is 5.84 Å². The van der Waals surface area contributed by atoms with Crippen LogP contribution in [-0.2, 0) is 7.05 Å². The number of rotatable bonds is 4. The standard InChI is InChI=1S/C33H31N3S/c1-22-11-9-10-20-34-31(35-22)19-18-29-33(32-23(2)36(3)28-15-8-7-14-26(28)32)27-17-16-25(21-30(27)37-29)24-12-5-4-6-13-24/h4-6,9-22H,7-8H2,1-3H3,(H,34,35)/b11-9-,19-18?,20-10-. The number of nitrogens with one attached hydrogen (secondary N) is 1. The zero-order chi connectivity index (χ0) is 25.4. The second-order valence-corrected chi connectivity index (χ2v) is 10.8. The van der Waals surface area contributed by atoms with Crippen LogP contribution in [0.2, 0.25) is 0 Å². The average Bonchev–Trinajstić information content (AvgIpc) is 3.39. The number of benzene rings is 2. The van der Waals surface area contributed by atoms with Crippen LogP contribution in [0.3, 0.4) is 0 Å². The average molecular weight is 502 g/mol. The van der Waals surface area contributed by atoms with Gasteiger partial charge < -0.3 is 9.88 Å². The molecule has 37 heavy (non-hydrogen) atoms. The Morgan fingerprint density at radius 1 is 0.973 bits per heavy atom. The van der Waals surface area contributed by atoms with Crippen LogP contribution in [0, 0.1) is 6.92 Å². The topological polar surface area (TPSA) is 29.3 Å². The van der Waals surface area contributed by atoms with Gasteiger partial charge >= 0.3 is 0 Å². The summed E-state index contributed by atoms with van der Waals surface area (Å²) in [4.78, 5) is 6.08. The van der Waals surface area contributed by atoms with E-state index in [4.69, 9.17) is 4.99 Å². The van der Waals surface area contributed by atoms with Gasteiger partial charge in [0.2, 0.25) is 0 Å². The lowest BCUT2D eigenvalue weighted by Gasteiger charge is -2.08. The molecule has 0 spiro atoms. The summed E-state index contributed by atoms with van der Waals surface area (Å²) < 4.78 is 3.66. The van der Waals surface area contributed by atoms with Gasteiger partial charge in [0.15, 0.2) is 0 Å². The number of aromatic nitrogens is 1. The number of thiophene rings is 1. The molecule has 0 saturated carbocycles. The molecule has 4 heteroatoms. The molecular formula is C33H31N3S. The Morgan fingerprint density at radius 2 is 1.81 bits per heavy atom. The molecule has 1 unspecified atom stereocenters. The summed E-state index contributed by atoms with van der Waals surface area (Å²) in [5.41, 5.74) is 6.49. The molecule has 1 N–H and O–H groups in total. The number of aliphatic imine (C=N–C) groups is 1. The maximum atomic E-state index is 4.82. The monoisotopic (exact) mass is 501 g/mol. The van der Waals surface area contributed by atoms with Gasteiger partial charge in [-0.15, -0.1) is 11.3 Å². The lowest BCUT2D eigenvalue weighted by molar-refractivity contribution is 0.842. The van der Waals surface area contributed by atoms with E-state index in [9.17, 15) is 0 Å². The molecule has 3 heterocycles. The lowest BCUT2D eigenvalue weighted by Crippen LogP contribution is -2.30. The molecule has 1 aliphatic carbocycles. The summed E-state index contributed by atoms with van der Waals surface area (Å²) in [6.45, 7) is 4.36. The Bertz CT molecular complexity index is 1730. The zero-order valence-corrected chi connectivity index (χ0v) is 22.3. The Morgan fingerprint density at radius 3 is 2.68 bits per heavy atom. The van der Waals surface area contributed by atoms with E-state index >= 15 is 0 Å². The highest BCUT2D eigenvalue weighted by Crippen LogP contribution is 2.41. The van der Waals surface area contributed by atoms with E-state index in [2.05, 4.69) is 110 Å². The summed E-state index contributed by atoms with van der Waals surface area (Å²) in [6.07, 6.45) is 19.5. The van der Waals surface area contributed by atoms with Gasteiger partial charge in [-0.3, -0.25) is 4.99 Å². The molecule has 0 radical (unpaired) electrons. The Kier molecular flexibility index (Phi) is 6.27. The van der Waals surface area contributed by atoms with Crippen LogP contribution in [0.25, 0.3) is 50.6 Å². The van der Waals surface area contributed by atoms with Crippen LogP contribution >= 0.6 is 11.3 Å². The fourth-order valence-corrected chi connectivity index (χ4v) is 6.48. The van der Waals surface area contributed by atoms with Crippen molar-refractivity contribution in [2.24, 2.45) is 12.0 Å². The maximum Gasteiger partial charge on any atom is 0.125 e. The van der Waals surface area contributed by atoms with Crippen molar-refractivity contribution in [3.05, 3.63) is 100 Å². The maximum absolute atomic E-state index is 4.82. The Labute approximate surface area is 222 Å². The molecule has 4 aromatic rings. The zero-order valence-electron chi connectivity index (χ0n) is 21.5. The van der Waals surface area contributed by atoms with Crippen molar-refractivity contribution in [2.45, 2.75) is 32.7 Å². The van der Waals surface area contributed by atoms with Crippen LogP contribution in [0.15, 0.2) is 84.0 Å². The first-order valence-corrected chi connectivity index (χ1v) is 13.8. The first-order valence-electron chi connectivity index (χ1n) is 12.9. The molecule has 0 fully saturated rings. The van der Waals surface area contributed by atoms with Gasteiger partial charge in [-0.05, 0) is 62.1 Å². The van der Waals surface area contributed by atoms with Gasteiger partial charge in [-0.25, -0.2) is 0 Å². The minimum atomic E-state index is 0.126. The van der Waals surface area contributed by atoms with Gasteiger partial charge in [0.05, 0.1) is 6.04 Å². The molecule has 2 aliphatic rings. The molecule has 0 amide bonds. The van der Waals surface area contributed by atoms with Gasteiger partial charge in [-0.1, -0.05) is 66.8 Å². The van der Waals surface area contributed by atoms with Crippen molar-refractivity contribution in [1.29, 1.82) is 0 Å². The van der Waals surface area contributed by atoms with Crippen molar-refractivity contribution in [2.75, 3.05) is 0 Å². The number of amidine groups is 1. The third-order valence-electron chi connectivity index (χ3n) is 7.26. The van der Waals surface area contributed by atoms with Crippen molar-refractivity contribution in [1.82, 2.24) is 9.88 Å². The summed E-state index contributed by atoms with van der Waals surface area (Å²) in [5, 5.41) is 7.35. The van der Waals surface area contributed by atoms with Crippen LogP contribution < -0.4 is 15.9 Å². The molecule has 2 aromatic heterocycles. The number of hydrogen-bond acceptors (Lipinski definition) is 3. The summed E-state index contributed by atoms with van der Waals surface area (Å²) >= 11 is 1.86. The van der Waals surface area contributed by atoms with Crippen molar-refractivity contribution < 1.29 is 0 Å². The summed E-state index contributed by atoms with van der Waals surface area (Å²) in [6, 6.07) is 17.7. The van der Waals surface area contributed by atoms with Crippen molar-refractivity contribution in [3.8, 4) is 22.3 Å². The Balaban J connectivity index is 1.57. The number of nitrogens with zero attached hydrogens (tertiary/aromatic N) is 2. The summed E-state index contributed by atoms with van der Waals surface area (Å²) in [7, 11) is 2.19. The highest BCUT2D eigenvalue weighted by atomic mass is 32.1. The molecule has 6 rings (SSSR count). The van der Waals surface area contributed by atoms with E-state index in [1.165, 1.54) is 53.5 Å². The normalized spacial score (nSPS) is 18.8. The molecule has 1 atom stereocenters. The fraction of sp³-hybridized carbons (Fsp3) is 0.182. The number of fused-ring (bicyclic) bond motifs is 2. The van der Waals surface area contributed by atoms with E-state index in [0.29, 0.717) is 0 Å². The second kappa shape index (κ2) is 9.87. The largest absolute Gasteiger partial charge is 0.348 e. The molecule has 1 aliphatic heterocycles. The number of hydrogen-bond donors (Lipinski definition) is 1. The molecule has 2 aromatic carbocycles. The highest BCUT2D eigenvalue weighted by molar-refractivity contribution is 7.20. The smallest absolute Gasteiger partial charge is 0.125 e. The predicted molar refractivity (Wildman–Crippen MR) is 161 cm³/mol. The van der Waals surface area contributed by atoms with Crippen molar-refractivity contribution >= 4 is 45.5 Å². The van der Waals surface area contributed by atoms with Gasteiger partial charge in [0, 0.05) is 55.6 Å². The summed E-state index contributed by atoms with van der Waals surface area (Å²) in [5.74, 6) is 0.869. The van der Waals surface area contributed by atoms with Gasteiger partial charge in [-0.2, -0.15) is 0 Å². The van der Waals surface area contributed by atoms with Crippen molar-refractivity contribution in [3.63, 3.8) is 0 Å².